The van der Waals surface area contributed by atoms with Crippen LogP contribution in [0.5, 0.6) is 0 Å². The predicted molar refractivity (Wildman–Crippen MR) is 74.8 cm³/mol. The topological polar surface area (TPSA) is 62.1 Å². The summed E-state index contributed by atoms with van der Waals surface area (Å²) >= 11 is 5.82. The Balaban J connectivity index is 2.81. The monoisotopic (exact) mass is 271 g/mol. The molecule has 4 nitrogen and oxygen atoms in total. The normalized spacial score (nSPS) is 11.6. The Morgan fingerprint density at radius 3 is 2.67 bits per heavy atom. The highest BCUT2D eigenvalue weighted by molar-refractivity contribution is 6.30. The Labute approximate surface area is 113 Å². The summed E-state index contributed by atoms with van der Waals surface area (Å²) in [7, 11) is 0. The van der Waals surface area contributed by atoms with Crippen LogP contribution >= 0.6 is 11.6 Å². The Morgan fingerprint density at radius 1 is 1.56 bits per heavy atom. The van der Waals surface area contributed by atoms with Gasteiger partial charge in [-0.15, -0.1) is 0 Å². The van der Waals surface area contributed by atoms with Crippen molar-refractivity contribution in [1.82, 2.24) is 9.88 Å². The lowest BCUT2D eigenvalue weighted by molar-refractivity contribution is 0.0684. The van der Waals surface area contributed by atoms with Crippen LogP contribution in [0.3, 0.4) is 0 Å². The maximum Gasteiger partial charge on any atom is 0.270 e. The Kier molecular flexibility index (Phi) is 5.23. The fourth-order valence-electron chi connectivity index (χ4n) is 1.77. The minimum Gasteiger partial charge on any atom is -0.356 e. The number of H-pyrrole nitrogens is 1. The molecule has 5 heteroatoms. The van der Waals surface area contributed by atoms with Crippen LogP contribution < -0.4 is 5.73 Å². The zero-order valence-corrected chi connectivity index (χ0v) is 12.0. The molecule has 0 aliphatic carbocycles. The number of hydrogen-bond donors (Lipinski definition) is 2. The molecule has 0 radical (unpaired) electrons. The van der Waals surface area contributed by atoms with E-state index in [9.17, 15) is 4.79 Å². The van der Waals surface area contributed by atoms with Crippen LogP contribution in [0.1, 0.15) is 37.7 Å². The van der Waals surface area contributed by atoms with Crippen LogP contribution in [0.25, 0.3) is 0 Å². The number of carbonyl (C=O) groups is 1. The summed E-state index contributed by atoms with van der Waals surface area (Å²) in [5.74, 6) is -0.0229. The molecule has 0 unspecified atom stereocenters. The van der Waals surface area contributed by atoms with E-state index in [2.05, 4.69) is 25.8 Å². The molecule has 0 aromatic carbocycles. The van der Waals surface area contributed by atoms with Crippen molar-refractivity contribution >= 4 is 17.5 Å². The average Bonchev–Trinajstić information content (AvgIpc) is 2.74. The standard InChI is InChI=1S/C13H22ClN3O/c1-4-5-17(9-13(2,3)8-15)12(18)11-6-10(14)7-16-11/h6-7,16H,4-5,8-9,15H2,1-3H3. The summed E-state index contributed by atoms with van der Waals surface area (Å²) in [6.07, 6.45) is 2.54. The van der Waals surface area contributed by atoms with E-state index >= 15 is 0 Å². The van der Waals surface area contributed by atoms with Crippen LogP contribution in [-0.2, 0) is 0 Å². The molecule has 1 heterocycles. The number of nitrogens with two attached hydrogens (primary N) is 1. The molecule has 0 bridgehead atoms. The van der Waals surface area contributed by atoms with Crippen LogP contribution in [0.15, 0.2) is 12.3 Å². The summed E-state index contributed by atoms with van der Waals surface area (Å²) in [5.41, 5.74) is 6.17. The molecule has 0 spiro atoms. The van der Waals surface area contributed by atoms with E-state index in [1.807, 2.05) is 4.90 Å². The molecule has 0 aliphatic rings. The van der Waals surface area contributed by atoms with Crippen LogP contribution in [0, 0.1) is 5.41 Å². The van der Waals surface area contributed by atoms with Crippen LogP contribution in [0.4, 0.5) is 0 Å². The summed E-state index contributed by atoms with van der Waals surface area (Å²) in [6, 6.07) is 1.65. The first-order valence-electron chi connectivity index (χ1n) is 6.23. The Hall–Kier alpha value is -1.00. The second kappa shape index (κ2) is 6.25. The summed E-state index contributed by atoms with van der Waals surface area (Å²) in [5, 5.41) is 0.549. The van der Waals surface area contributed by atoms with Gasteiger partial charge in [0.1, 0.15) is 5.69 Å². The molecule has 0 fully saturated rings. The highest BCUT2D eigenvalue weighted by atomic mass is 35.5. The third-order valence-corrected chi connectivity index (χ3v) is 3.05. The van der Waals surface area contributed by atoms with Crippen molar-refractivity contribution in [2.24, 2.45) is 11.1 Å². The molecule has 3 N–H and O–H groups in total. The SMILES string of the molecule is CCCN(CC(C)(C)CN)C(=O)c1cc(Cl)c[nH]1. The predicted octanol–water partition coefficient (Wildman–Crippen LogP) is 2.51. The van der Waals surface area contributed by atoms with Gasteiger partial charge in [-0.3, -0.25) is 4.79 Å². The van der Waals surface area contributed by atoms with Crippen molar-refractivity contribution in [3.05, 3.63) is 23.0 Å². The highest BCUT2D eigenvalue weighted by Gasteiger charge is 2.24. The largest absolute Gasteiger partial charge is 0.356 e. The van der Waals surface area contributed by atoms with E-state index in [0.717, 1.165) is 13.0 Å². The van der Waals surface area contributed by atoms with E-state index in [-0.39, 0.29) is 11.3 Å². The van der Waals surface area contributed by atoms with Crippen molar-refractivity contribution in [3.63, 3.8) is 0 Å². The lowest BCUT2D eigenvalue weighted by Crippen LogP contribution is -2.42. The van der Waals surface area contributed by atoms with Gasteiger partial charge in [-0.2, -0.15) is 0 Å². The summed E-state index contributed by atoms with van der Waals surface area (Å²) in [4.78, 5) is 17.1. The van der Waals surface area contributed by atoms with Gasteiger partial charge in [-0.05, 0) is 24.4 Å². The lowest BCUT2D eigenvalue weighted by Gasteiger charge is -2.31. The number of halogens is 1. The smallest absolute Gasteiger partial charge is 0.270 e. The van der Waals surface area contributed by atoms with Crippen molar-refractivity contribution in [1.29, 1.82) is 0 Å². The minimum atomic E-state index is -0.0821. The maximum absolute atomic E-state index is 12.3. The molecule has 0 aliphatic heterocycles. The molecule has 18 heavy (non-hydrogen) atoms. The van der Waals surface area contributed by atoms with Crippen molar-refractivity contribution < 1.29 is 4.79 Å². The molecular weight excluding hydrogens is 250 g/mol. The van der Waals surface area contributed by atoms with Gasteiger partial charge in [0.2, 0.25) is 0 Å². The number of hydrogen-bond acceptors (Lipinski definition) is 2. The summed E-state index contributed by atoms with van der Waals surface area (Å²) < 4.78 is 0. The van der Waals surface area contributed by atoms with Gasteiger partial charge in [0.05, 0.1) is 5.02 Å². The summed E-state index contributed by atoms with van der Waals surface area (Å²) in [6.45, 7) is 8.09. The fraction of sp³-hybridized carbons (Fsp3) is 0.615. The highest BCUT2D eigenvalue weighted by Crippen LogP contribution is 2.18. The second-order valence-corrected chi connectivity index (χ2v) is 5.76. The number of rotatable bonds is 6. The number of nitrogens with zero attached hydrogens (tertiary/aromatic N) is 1. The first-order valence-corrected chi connectivity index (χ1v) is 6.60. The van der Waals surface area contributed by atoms with Gasteiger partial charge in [0.15, 0.2) is 0 Å². The fourth-order valence-corrected chi connectivity index (χ4v) is 1.93. The van der Waals surface area contributed by atoms with Gasteiger partial charge in [-0.1, -0.05) is 32.4 Å². The average molecular weight is 272 g/mol. The van der Waals surface area contributed by atoms with Gasteiger partial charge in [0.25, 0.3) is 5.91 Å². The number of amides is 1. The second-order valence-electron chi connectivity index (χ2n) is 5.33. The zero-order chi connectivity index (χ0) is 13.8. The number of nitrogens with one attached hydrogen (secondary N) is 1. The van der Waals surface area contributed by atoms with Gasteiger partial charge < -0.3 is 15.6 Å². The van der Waals surface area contributed by atoms with Crippen LogP contribution in [-0.4, -0.2) is 35.4 Å². The molecular formula is C13H22ClN3O. The molecule has 102 valence electrons. The van der Waals surface area contributed by atoms with E-state index in [1.54, 1.807) is 12.3 Å². The molecule has 0 atom stereocenters. The lowest BCUT2D eigenvalue weighted by atomic mass is 9.93. The number of aromatic amines is 1. The molecule has 1 amide bonds. The van der Waals surface area contributed by atoms with E-state index in [0.29, 0.717) is 23.8 Å². The van der Waals surface area contributed by atoms with Crippen molar-refractivity contribution in [2.45, 2.75) is 27.2 Å². The van der Waals surface area contributed by atoms with Gasteiger partial charge in [-0.25, -0.2) is 0 Å². The maximum atomic E-state index is 12.3. The Morgan fingerprint density at radius 2 is 2.22 bits per heavy atom. The van der Waals surface area contributed by atoms with Crippen molar-refractivity contribution in [3.8, 4) is 0 Å². The Bertz CT molecular complexity index is 401. The zero-order valence-electron chi connectivity index (χ0n) is 11.3. The van der Waals surface area contributed by atoms with Gasteiger partial charge >= 0.3 is 0 Å². The van der Waals surface area contributed by atoms with E-state index in [4.69, 9.17) is 17.3 Å². The molecule has 0 saturated carbocycles. The van der Waals surface area contributed by atoms with Gasteiger partial charge in [0, 0.05) is 19.3 Å². The number of carbonyl (C=O) groups excluding carboxylic acids is 1. The van der Waals surface area contributed by atoms with Crippen molar-refractivity contribution in [2.75, 3.05) is 19.6 Å². The molecule has 1 rings (SSSR count). The van der Waals surface area contributed by atoms with E-state index in [1.165, 1.54) is 0 Å². The minimum absolute atomic E-state index is 0.0229. The first-order chi connectivity index (χ1) is 8.39. The third-order valence-electron chi connectivity index (χ3n) is 2.83. The molecule has 1 aromatic heterocycles. The molecule has 0 saturated heterocycles. The molecule has 1 aromatic rings. The third kappa shape index (κ3) is 4.03. The van der Waals surface area contributed by atoms with Crippen LogP contribution in [0.2, 0.25) is 5.02 Å². The van der Waals surface area contributed by atoms with E-state index < -0.39 is 0 Å². The first kappa shape index (κ1) is 15.1. The quantitative estimate of drug-likeness (QED) is 0.835. The number of aromatic nitrogens is 1.